The highest BCUT2D eigenvalue weighted by Gasteiger charge is 1.99. The van der Waals surface area contributed by atoms with E-state index in [1.807, 2.05) is 24.3 Å². The first-order chi connectivity index (χ1) is 13.0. The third-order valence-corrected chi connectivity index (χ3v) is 3.95. The normalized spacial score (nSPS) is 10.9. The van der Waals surface area contributed by atoms with Gasteiger partial charge in [-0.1, -0.05) is 0 Å². The number of benzene rings is 2. The molecule has 0 aromatic heterocycles. The fraction of sp³-hybridized carbons (Fsp3) is 0.478. The van der Waals surface area contributed by atoms with E-state index >= 15 is 0 Å². The molecule has 0 fully saturated rings. The van der Waals surface area contributed by atoms with Gasteiger partial charge in [-0.25, -0.2) is 0 Å². The minimum absolute atomic E-state index is 0.439. The smallest absolute Gasteiger partial charge is 0.119 e. The Labute approximate surface area is 164 Å². The van der Waals surface area contributed by atoms with Crippen LogP contribution in [0.2, 0.25) is 0 Å². The number of unbranched alkanes of at least 4 members (excludes halogenated alkanes) is 2. The molecular formula is C23H34N2O2. The lowest BCUT2D eigenvalue weighted by molar-refractivity contribution is 0.279. The first-order valence-electron chi connectivity index (χ1n) is 10.0. The number of hydrogen-bond acceptors (Lipinski definition) is 4. The zero-order valence-corrected chi connectivity index (χ0v) is 17.1. The van der Waals surface area contributed by atoms with Gasteiger partial charge in [0.05, 0.1) is 13.2 Å². The zero-order valence-electron chi connectivity index (χ0n) is 17.1. The fourth-order valence-corrected chi connectivity index (χ4v) is 2.72. The average molecular weight is 371 g/mol. The van der Waals surface area contributed by atoms with Gasteiger partial charge in [-0.3, -0.25) is 0 Å². The Morgan fingerprint density at radius 3 is 1.30 bits per heavy atom. The quantitative estimate of drug-likeness (QED) is 0.453. The predicted octanol–water partition coefficient (Wildman–Crippen LogP) is 5.96. The van der Waals surface area contributed by atoms with Crippen molar-refractivity contribution in [1.29, 1.82) is 0 Å². The molecule has 0 saturated carbocycles. The van der Waals surface area contributed by atoms with Gasteiger partial charge in [-0.2, -0.15) is 0 Å². The molecule has 0 radical (unpaired) electrons. The highest BCUT2D eigenvalue weighted by Crippen LogP contribution is 2.18. The first-order valence-corrected chi connectivity index (χ1v) is 10.0. The standard InChI is InChI=1S/C23H34N2O2/c1-18(2)24-20-8-12-22(13-9-20)26-16-6-5-7-17-27-23-14-10-21(11-15-23)25-19(3)4/h8-15,18-19,24-25H,5-7,16-17H2,1-4H3. The summed E-state index contributed by atoms with van der Waals surface area (Å²) in [4.78, 5) is 0. The summed E-state index contributed by atoms with van der Waals surface area (Å²) in [7, 11) is 0. The summed E-state index contributed by atoms with van der Waals surface area (Å²) in [5, 5.41) is 6.75. The van der Waals surface area contributed by atoms with Gasteiger partial charge in [0.2, 0.25) is 0 Å². The second kappa shape index (κ2) is 11.4. The van der Waals surface area contributed by atoms with Gasteiger partial charge in [0, 0.05) is 23.5 Å². The van der Waals surface area contributed by atoms with Gasteiger partial charge in [0.1, 0.15) is 11.5 Å². The second-order valence-corrected chi connectivity index (χ2v) is 7.40. The zero-order chi connectivity index (χ0) is 19.5. The SMILES string of the molecule is CC(C)Nc1ccc(OCCCCCOc2ccc(NC(C)C)cc2)cc1. The molecule has 2 aromatic carbocycles. The van der Waals surface area contributed by atoms with Crippen molar-refractivity contribution >= 4 is 11.4 Å². The molecule has 2 aromatic rings. The molecule has 0 bridgehead atoms. The average Bonchev–Trinajstić information content (AvgIpc) is 2.63. The molecule has 0 aliphatic heterocycles. The minimum atomic E-state index is 0.439. The summed E-state index contributed by atoms with van der Waals surface area (Å²) in [6, 6.07) is 17.2. The molecule has 4 nitrogen and oxygen atoms in total. The van der Waals surface area contributed by atoms with E-state index in [-0.39, 0.29) is 0 Å². The molecule has 0 spiro atoms. The second-order valence-electron chi connectivity index (χ2n) is 7.40. The van der Waals surface area contributed by atoms with Crippen LogP contribution in [0.3, 0.4) is 0 Å². The van der Waals surface area contributed by atoms with E-state index in [0.29, 0.717) is 12.1 Å². The van der Waals surface area contributed by atoms with Gasteiger partial charge >= 0.3 is 0 Å². The Bertz CT molecular complexity index is 579. The molecule has 148 valence electrons. The Kier molecular flexibility index (Phi) is 8.82. The van der Waals surface area contributed by atoms with Crippen molar-refractivity contribution in [2.45, 2.75) is 59.0 Å². The molecule has 27 heavy (non-hydrogen) atoms. The summed E-state index contributed by atoms with van der Waals surface area (Å²) in [5.41, 5.74) is 2.25. The number of hydrogen-bond donors (Lipinski definition) is 2. The number of ether oxygens (including phenoxy) is 2. The van der Waals surface area contributed by atoms with Crippen LogP contribution in [0.4, 0.5) is 11.4 Å². The summed E-state index contributed by atoms with van der Waals surface area (Å²) in [6.45, 7) is 10.0. The number of nitrogens with one attached hydrogen (secondary N) is 2. The van der Waals surface area contributed by atoms with E-state index in [2.05, 4.69) is 62.6 Å². The van der Waals surface area contributed by atoms with E-state index in [9.17, 15) is 0 Å². The monoisotopic (exact) mass is 370 g/mol. The summed E-state index contributed by atoms with van der Waals surface area (Å²) < 4.78 is 11.6. The van der Waals surface area contributed by atoms with E-state index in [0.717, 1.165) is 55.4 Å². The largest absolute Gasteiger partial charge is 0.494 e. The fourth-order valence-electron chi connectivity index (χ4n) is 2.72. The van der Waals surface area contributed by atoms with Gasteiger partial charge < -0.3 is 20.1 Å². The van der Waals surface area contributed by atoms with Gasteiger partial charge in [-0.05, 0) is 95.5 Å². The summed E-state index contributed by atoms with van der Waals surface area (Å²) >= 11 is 0. The van der Waals surface area contributed by atoms with Crippen LogP contribution >= 0.6 is 0 Å². The molecule has 4 heteroatoms. The third kappa shape index (κ3) is 8.72. The molecule has 0 atom stereocenters. The van der Waals surface area contributed by atoms with E-state index in [4.69, 9.17) is 9.47 Å². The van der Waals surface area contributed by atoms with Crippen molar-refractivity contribution in [3.8, 4) is 11.5 Å². The van der Waals surface area contributed by atoms with E-state index in [1.54, 1.807) is 0 Å². The molecule has 2 N–H and O–H groups in total. The van der Waals surface area contributed by atoms with Crippen molar-refractivity contribution in [2.24, 2.45) is 0 Å². The third-order valence-electron chi connectivity index (χ3n) is 3.95. The van der Waals surface area contributed by atoms with Crippen LogP contribution < -0.4 is 20.1 Å². The minimum Gasteiger partial charge on any atom is -0.494 e. The van der Waals surface area contributed by atoms with Gasteiger partial charge in [-0.15, -0.1) is 0 Å². The van der Waals surface area contributed by atoms with Crippen LogP contribution in [0.1, 0.15) is 47.0 Å². The van der Waals surface area contributed by atoms with Crippen LogP contribution in [0.15, 0.2) is 48.5 Å². The summed E-state index contributed by atoms with van der Waals surface area (Å²) in [5.74, 6) is 1.85. The molecule has 0 heterocycles. The van der Waals surface area contributed by atoms with Crippen molar-refractivity contribution in [3.63, 3.8) is 0 Å². The van der Waals surface area contributed by atoms with Gasteiger partial charge in [0.15, 0.2) is 0 Å². The van der Waals surface area contributed by atoms with Crippen molar-refractivity contribution in [2.75, 3.05) is 23.8 Å². The maximum absolute atomic E-state index is 5.80. The van der Waals surface area contributed by atoms with Crippen LogP contribution in [0.25, 0.3) is 0 Å². The molecule has 0 saturated heterocycles. The highest BCUT2D eigenvalue weighted by atomic mass is 16.5. The maximum atomic E-state index is 5.80. The van der Waals surface area contributed by atoms with Gasteiger partial charge in [0.25, 0.3) is 0 Å². The van der Waals surface area contributed by atoms with Crippen molar-refractivity contribution in [3.05, 3.63) is 48.5 Å². The van der Waals surface area contributed by atoms with Crippen LogP contribution in [-0.4, -0.2) is 25.3 Å². The molecule has 2 rings (SSSR count). The lowest BCUT2D eigenvalue weighted by atomic mass is 10.2. The molecular weight excluding hydrogens is 336 g/mol. The first kappa shape index (κ1) is 20.9. The topological polar surface area (TPSA) is 42.5 Å². The lowest BCUT2D eigenvalue weighted by Crippen LogP contribution is -2.09. The van der Waals surface area contributed by atoms with Crippen LogP contribution in [0.5, 0.6) is 11.5 Å². The Hall–Kier alpha value is -2.36. The molecule has 0 aliphatic rings. The van der Waals surface area contributed by atoms with E-state index in [1.165, 1.54) is 0 Å². The highest BCUT2D eigenvalue weighted by molar-refractivity contribution is 5.47. The Balaban J connectivity index is 1.54. The maximum Gasteiger partial charge on any atom is 0.119 e. The number of rotatable bonds is 12. The van der Waals surface area contributed by atoms with Crippen molar-refractivity contribution in [1.82, 2.24) is 0 Å². The lowest BCUT2D eigenvalue weighted by Gasteiger charge is -2.12. The number of anilines is 2. The predicted molar refractivity (Wildman–Crippen MR) is 115 cm³/mol. The van der Waals surface area contributed by atoms with Crippen LogP contribution in [-0.2, 0) is 0 Å². The van der Waals surface area contributed by atoms with E-state index < -0.39 is 0 Å². The van der Waals surface area contributed by atoms with Crippen LogP contribution in [0, 0.1) is 0 Å². The molecule has 0 unspecified atom stereocenters. The summed E-state index contributed by atoms with van der Waals surface area (Å²) in [6.07, 6.45) is 3.17. The van der Waals surface area contributed by atoms with Crippen molar-refractivity contribution < 1.29 is 9.47 Å². The Morgan fingerprint density at radius 2 is 0.963 bits per heavy atom. The molecule has 0 amide bonds. The molecule has 0 aliphatic carbocycles. The Morgan fingerprint density at radius 1 is 0.593 bits per heavy atom.